The Labute approximate surface area is 103 Å². The minimum atomic E-state index is -0.939. The van der Waals surface area contributed by atoms with Gasteiger partial charge in [0.05, 0.1) is 6.42 Å². The van der Waals surface area contributed by atoms with Gasteiger partial charge in [0.1, 0.15) is 0 Å². The Morgan fingerprint density at radius 2 is 1.65 bits per heavy atom. The second kappa shape index (κ2) is 8.06. The molecule has 17 heavy (non-hydrogen) atoms. The summed E-state index contributed by atoms with van der Waals surface area (Å²) in [5.74, 6) is -1.13. The fourth-order valence-electron chi connectivity index (χ4n) is 1.75. The lowest BCUT2D eigenvalue weighted by atomic mass is 10.2. The zero-order valence-corrected chi connectivity index (χ0v) is 11.2. The highest BCUT2D eigenvalue weighted by molar-refractivity contribution is 5.80. The molecule has 0 aliphatic carbocycles. The predicted octanol–water partition coefficient (Wildman–Crippen LogP) is 1.09. The fraction of sp³-hybridized carbons (Fsp3) is 0.833. The summed E-state index contributed by atoms with van der Waals surface area (Å²) in [5, 5.41) is 11.2. The van der Waals surface area contributed by atoms with Crippen molar-refractivity contribution in [2.24, 2.45) is 0 Å². The topological polar surface area (TPSA) is 69.6 Å². The van der Waals surface area contributed by atoms with Crippen LogP contribution in [0, 0.1) is 0 Å². The SMILES string of the molecule is CC(C)N(CCNC(=O)CCC(=O)O)C(C)C. The lowest BCUT2D eigenvalue weighted by molar-refractivity contribution is -0.138. The van der Waals surface area contributed by atoms with Gasteiger partial charge in [0, 0.05) is 31.6 Å². The number of nitrogens with zero attached hydrogens (tertiary/aromatic N) is 1. The molecule has 100 valence electrons. The van der Waals surface area contributed by atoms with Crippen LogP contribution in [0.15, 0.2) is 0 Å². The molecule has 2 N–H and O–H groups in total. The van der Waals surface area contributed by atoms with Crippen LogP contribution in [0.25, 0.3) is 0 Å². The zero-order chi connectivity index (χ0) is 13.4. The molecule has 0 aromatic heterocycles. The maximum Gasteiger partial charge on any atom is 0.303 e. The van der Waals surface area contributed by atoms with Crippen LogP contribution in [0.1, 0.15) is 40.5 Å². The summed E-state index contributed by atoms with van der Waals surface area (Å²) in [4.78, 5) is 23.8. The molecule has 0 saturated heterocycles. The van der Waals surface area contributed by atoms with Crippen LogP contribution in [0.2, 0.25) is 0 Å². The fourth-order valence-corrected chi connectivity index (χ4v) is 1.75. The standard InChI is InChI=1S/C12H24N2O3/c1-9(2)14(10(3)4)8-7-13-11(15)5-6-12(16)17/h9-10H,5-8H2,1-4H3,(H,13,15)(H,16,17). The molecule has 0 aliphatic heterocycles. The number of hydrogen-bond donors (Lipinski definition) is 2. The first-order valence-electron chi connectivity index (χ1n) is 6.08. The van der Waals surface area contributed by atoms with Gasteiger partial charge in [-0.25, -0.2) is 0 Å². The maximum absolute atomic E-state index is 11.3. The normalized spacial score (nSPS) is 11.2. The molecule has 0 bridgehead atoms. The monoisotopic (exact) mass is 244 g/mol. The molecular weight excluding hydrogens is 220 g/mol. The molecular formula is C12H24N2O3. The molecule has 0 aromatic carbocycles. The van der Waals surface area contributed by atoms with Crippen LogP contribution in [0.5, 0.6) is 0 Å². The smallest absolute Gasteiger partial charge is 0.303 e. The Balaban J connectivity index is 3.81. The van der Waals surface area contributed by atoms with Crippen LogP contribution in [0.4, 0.5) is 0 Å². The van der Waals surface area contributed by atoms with Gasteiger partial charge in [0.2, 0.25) is 5.91 Å². The molecule has 0 atom stereocenters. The number of carboxylic acid groups (broad SMARTS) is 1. The number of carbonyl (C=O) groups excluding carboxylic acids is 1. The zero-order valence-electron chi connectivity index (χ0n) is 11.2. The van der Waals surface area contributed by atoms with Gasteiger partial charge in [-0.15, -0.1) is 0 Å². The van der Waals surface area contributed by atoms with E-state index < -0.39 is 5.97 Å². The van der Waals surface area contributed by atoms with Crippen molar-refractivity contribution in [2.45, 2.75) is 52.6 Å². The van der Waals surface area contributed by atoms with Gasteiger partial charge in [0.25, 0.3) is 0 Å². The Hall–Kier alpha value is -1.10. The van der Waals surface area contributed by atoms with Crippen LogP contribution < -0.4 is 5.32 Å². The third kappa shape index (κ3) is 7.74. The number of rotatable bonds is 8. The van der Waals surface area contributed by atoms with Gasteiger partial charge in [0.15, 0.2) is 0 Å². The van der Waals surface area contributed by atoms with E-state index in [9.17, 15) is 9.59 Å². The molecule has 0 unspecified atom stereocenters. The molecule has 0 heterocycles. The minimum absolute atomic E-state index is 0.0543. The van der Waals surface area contributed by atoms with Gasteiger partial charge in [-0.2, -0.15) is 0 Å². The lowest BCUT2D eigenvalue weighted by Gasteiger charge is -2.30. The minimum Gasteiger partial charge on any atom is -0.481 e. The summed E-state index contributed by atoms with van der Waals surface area (Å²) in [6.07, 6.45) is -0.0530. The summed E-state index contributed by atoms with van der Waals surface area (Å²) < 4.78 is 0. The maximum atomic E-state index is 11.3. The lowest BCUT2D eigenvalue weighted by Crippen LogP contribution is -2.42. The summed E-state index contributed by atoms with van der Waals surface area (Å²) >= 11 is 0. The Kier molecular flexibility index (Phi) is 7.54. The molecule has 5 nitrogen and oxygen atoms in total. The quantitative estimate of drug-likeness (QED) is 0.670. The van der Waals surface area contributed by atoms with E-state index in [2.05, 4.69) is 37.9 Å². The molecule has 0 rings (SSSR count). The number of aliphatic carboxylic acids is 1. The van der Waals surface area contributed by atoms with E-state index in [1.165, 1.54) is 0 Å². The van der Waals surface area contributed by atoms with Gasteiger partial charge < -0.3 is 10.4 Å². The Morgan fingerprint density at radius 3 is 2.06 bits per heavy atom. The van der Waals surface area contributed by atoms with Crippen molar-refractivity contribution >= 4 is 11.9 Å². The van der Waals surface area contributed by atoms with E-state index in [1.807, 2.05) is 0 Å². The largest absolute Gasteiger partial charge is 0.481 e. The van der Waals surface area contributed by atoms with E-state index in [1.54, 1.807) is 0 Å². The van der Waals surface area contributed by atoms with E-state index in [-0.39, 0.29) is 18.7 Å². The number of hydrogen-bond acceptors (Lipinski definition) is 3. The van der Waals surface area contributed by atoms with Crippen molar-refractivity contribution in [3.8, 4) is 0 Å². The van der Waals surface area contributed by atoms with Crippen molar-refractivity contribution in [1.82, 2.24) is 10.2 Å². The summed E-state index contributed by atoms with van der Waals surface area (Å²) in [5.41, 5.74) is 0. The second-order valence-corrected chi connectivity index (χ2v) is 4.67. The van der Waals surface area contributed by atoms with Crippen molar-refractivity contribution < 1.29 is 14.7 Å². The first-order chi connectivity index (χ1) is 7.84. The summed E-state index contributed by atoms with van der Waals surface area (Å²) in [6, 6.07) is 0.872. The molecule has 0 fully saturated rings. The Bertz CT molecular complexity index is 244. The van der Waals surface area contributed by atoms with Crippen LogP contribution in [-0.4, -0.2) is 47.1 Å². The van der Waals surface area contributed by atoms with Crippen molar-refractivity contribution in [1.29, 1.82) is 0 Å². The summed E-state index contributed by atoms with van der Waals surface area (Å²) in [7, 11) is 0. The third-order valence-electron chi connectivity index (χ3n) is 2.58. The van der Waals surface area contributed by atoms with Gasteiger partial charge in [-0.1, -0.05) is 0 Å². The van der Waals surface area contributed by atoms with Crippen molar-refractivity contribution in [2.75, 3.05) is 13.1 Å². The average molecular weight is 244 g/mol. The van der Waals surface area contributed by atoms with Crippen molar-refractivity contribution in [3.05, 3.63) is 0 Å². The summed E-state index contributed by atoms with van der Waals surface area (Å²) in [6.45, 7) is 9.82. The first kappa shape index (κ1) is 15.9. The highest BCUT2D eigenvalue weighted by Crippen LogP contribution is 2.03. The van der Waals surface area contributed by atoms with E-state index in [0.717, 1.165) is 6.54 Å². The van der Waals surface area contributed by atoms with Gasteiger partial charge in [-0.05, 0) is 27.7 Å². The molecule has 0 spiro atoms. The predicted molar refractivity (Wildman–Crippen MR) is 66.9 cm³/mol. The van der Waals surface area contributed by atoms with E-state index in [0.29, 0.717) is 18.6 Å². The number of carboxylic acids is 1. The molecule has 0 aliphatic rings. The van der Waals surface area contributed by atoms with E-state index in [4.69, 9.17) is 5.11 Å². The second-order valence-electron chi connectivity index (χ2n) is 4.67. The van der Waals surface area contributed by atoms with Crippen molar-refractivity contribution in [3.63, 3.8) is 0 Å². The Morgan fingerprint density at radius 1 is 1.12 bits per heavy atom. The number of carbonyl (C=O) groups is 2. The third-order valence-corrected chi connectivity index (χ3v) is 2.58. The first-order valence-corrected chi connectivity index (χ1v) is 6.08. The van der Waals surface area contributed by atoms with Crippen LogP contribution in [0.3, 0.4) is 0 Å². The highest BCUT2D eigenvalue weighted by atomic mass is 16.4. The molecule has 0 saturated carbocycles. The van der Waals surface area contributed by atoms with Gasteiger partial charge >= 0.3 is 5.97 Å². The van der Waals surface area contributed by atoms with Crippen LogP contribution >= 0.6 is 0 Å². The van der Waals surface area contributed by atoms with Gasteiger partial charge in [-0.3, -0.25) is 14.5 Å². The van der Waals surface area contributed by atoms with Crippen LogP contribution in [-0.2, 0) is 9.59 Å². The molecule has 1 amide bonds. The average Bonchev–Trinajstić information content (AvgIpc) is 2.20. The molecule has 0 aromatic rings. The molecule has 0 radical (unpaired) electrons. The highest BCUT2D eigenvalue weighted by Gasteiger charge is 2.13. The van der Waals surface area contributed by atoms with E-state index >= 15 is 0 Å². The number of amides is 1. The number of nitrogens with one attached hydrogen (secondary N) is 1. The molecule has 5 heteroatoms.